The van der Waals surface area contributed by atoms with Crippen LogP contribution in [0.2, 0.25) is 0 Å². The number of nitrogens with one attached hydrogen (secondary N) is 1. The van der Waals surface area contributed by atoms with Gasteiger partial charge in [-0.25, -0.2) is 4.90 Å². The lowest BCUT2D eigenvalue weighted by Crippen LogP contribution is -2.58. The van der Waals surface area contributed by atoms with Gasteiger partial charge in [0.15, 0.2) is 12.5 Å². The molecule has 1 N–H and O–H groups in total. The average molecular weight is 216 g/mol. The van der Waals surface area contributed by atoms with Crippen LogP contribution < -0.4 is 5.32 Å². The molecule has 2 atom stereocenters. The summed E-state index contributed by atoms with van der Waals surface area (Å²) in [7, 11) is 1.75. The van der Waals surface area contributed by atoms with Crippen LogP contribution in [0.1, 0.15) is 13.8 Å². The van der Waals surface area contributed by atoms with Crippen LogP contribution in [-0.2, 0) is 19.1 Å². The summed E-state index contributed by atoms with van der Waals surface area (Å²) in [6.07, 6.45) is -0.777. The molecule has 0 aromatic heterocycles. The molecular weight excluding hydrogens is 200 g/mol. The van der Waals surface area contributed by atoms with Crippen LogP contribution in [0.3, 0.4) is 0 Å². The Morgan fingerprint density at radius 1 is 1.13 bits per heavy atom. The second-order valence-electron chi connectivity index (χ2n) is 3.45. The first-order valence-electron chi connectivity index (χ1n) is 4.78. The number of rotatable bonds is 2. The standard InChI is InChI=1S/C9H16N2O4/c1-6(12)14-8-4-10-5-9(11(8)3)15-7(2)13/h8-10H,4-5H2,1-3H3/t8-,9+. The summed E-state index contributed by atoms with van der Waals surface area (Å²) < 4.78 is 10.1. The molecule has 6 nitrogen and oxygen atoms in total. The molecule has 0 bridgehead atoms. The molecule has 0 aliphatic carbocycles. The molecule has 1 heterocycles. The van der Waals surface area contributed by atoms with E-state index in [1.54, 1.807) is 11.9 Å². The van der Waals surface area contributed by atoms with Crippen molar-refractivity contribution < 1.29 is 19.1 Å². The van der Waals surface area contributed by atoms with E-state index in [9.17, 15) is 9.59 Å². The molecular formula is C9H16N2O4. The first-order valence-corrected chi connectivity index (χ1v) is 4.78. The second kappa shape index (κ2) is 5.09. The highest BCUT2D eigenvalue weighted by atomic mass is 16.6. The van der Waals surface area contributed by atoms with Crippen LogP contribution in [-0.4, -0.2) is 49.4 Å². The molecule has 86 valence electrons. The molecule has 0 aromatic carbocycles. The lowest BCUT2D eigenvalue weighted by Gasteiger charge is -2.37. The van der Waals surface area contributed by atoms with Gasteiger partial charge in [0.2, 0.25) is 0 Å². The van der Waals surface area contributed by atoms with E-state index >= 15 is 0 Å². The van der Waals surface area contributed by atoms with Crippen LogP contribution in [0.25, 0.3) is 0 Å². The van der Waals surface area contributed by atoms with Gasteiger partial charge < -0.3 is 14.8 Å². The Morgan fingerprint density at radius 2 is 1.53 bits per heavy atom. The summed E-state index contributed by atoms with van der Waals surface area (Å²) in [5, 5.41) is 3.03. The molecule has 6 heteroatoms. The molecule has 0 amide bonds. The minimum absolute atomic E-state index is 0.350. The summed E-state index contributed by atoms with van der Waals surface area (Å²) >= 11 is 0. The molecule has 1 rings (SSSR count). The molecule has 1 fully saturated rings. The summed E-state index contributed by atoms with van der Waals surface area (Å²) in [5.74, 6) is -0.700. The smallest absolute Gasteiger partial charge is 0.304 e. The number of esters is 2. The molecule has 0 aromatic rings. The maximum absolute atomic E-state index is 10.8. The Kier molecular flexibility index (Phi) is 4.05. The Hall–Kier alpha value is -1.14. The quantitative estimate of drug-likeness (QED) is 0.616. The highest BCUT2D eigenvalue weighted by Gasteiger charge is 2.31. The Bertz CT molecular complexity index is 232. The fourth-order valence-electron chi connectivity index (χ4n) is 1.44. The van der Waals surface area contributed by atoms with Crippen molar-refractivity contribution in [2.45, 2.75) is 26.3 Å². The molecule has 15 heavy (non-hydrogen) atoms. The summed E-state index contributed by atoms with van der Waals surface area (Å²) in [6.45, 7) is 3.77. The number of hydrogen-bond acceptors (Lipinski definition) is 6. The van der Waals surface area contributed by atoms with Crippen molar-refractivity contribution in [3.05, 3.63) is 0 Å². The Morgan fingerprint density at radius 3 is 1.87 bits per heavy atom. The maximum atomic E-state index is 10.8. The van der Waals surface area contributed by atoms with Gasteiger partial charge in [-0.1, -0.05) is 0 Å². The number of nitrogens with zero attached hydrogens (tertiary/aromatic N) is 1. The van der Waals surface area contributed by atoms with Gasteiger partial charge in [-0.15, -0.1) is 0 Å². The zero-order valence-electron chi connectivity index (χ0n) is 9.15. The zero-order chi connectivity index (χ0) is 11.4. The fraction of sp³-hybridized carbons (Fsp3) is 0.778. The van der Waals surface area contributed by atoms with E-state index < -0.39 is 0 Å². The lowest BCUT2D eigenvalue weighted by atomic mass is 10.3. The second-order valence-corrected chi connectivity index (χ2v) is 3.45. The molecule has 1 aliphatic heterocycles. The fourth-order valence-corrected chi connectivity index (χ4v) is 1.44. The monoisotopic (exact) mass is 216 g/mol. The van der Waals surface area contributed by atoms with E-state index in [0.29, 0.717) is 13.1 Å². The van der Waals surface area contributed by atoms with Crippen molar-refractivity contribution in [3.8, 4) is 0 Å². The number of piperazine rings is 1. The van der Waals surface area contributed by atoms with Crippen LogP contribution in [0.4, 0.5) is 0 Å². The van der Waals surface area contributed by atoms with Gasteiger partial charge in [0.25, 0.3) is 0 Å². The van der Waals surface area contributed by atoms with Gasteiger partial charge in [-0.2, -0.15) is 0 Å². The molecule has 0 saturated carbocycles. The van der Waals surface area contributed by atoms with Crippen LogP contribution >= 0.6 is 0 Å². The van der Waals surface area contributed by atoms with E-state index in [-0.39, 0.29) is 24.4 Å². The zero-order valence-corrected chi connectivity index (χ0v) is 9.15. The summed E-state index contributed by atoms with van der Waals surface area (Å²) in [4.78, 5) is 23.3. The number of likely N-dealkylation sites (N-methyl/N-ethyl adjacent to an activating group) is 1. The molecule has 0 unspecified atom stereocenters. The minimum Gasteiger partial charge on any atom is -0.445 e. The Labute approximate surface area is 88.5 Å². The lowest BCUT2D eigenvalue weighted by molar-refractivity contribution is -0.184. The third kappa shape index (κ3) is 3.49. The van der Waals surface area contributed by atoms with Crippen LogP contribution in [0.15, 0.2) is 0 Å². The number of carbonyl (C=O) groups excluding carboxylic acids is 2. The number of hydrogen-bond donors (Lipinski definition) is 1. The Balaban J connectivity index is 2.54. The van der Waals surface area contributed by atoms with Crippen molar-refractivity contribution in [2.24, 2.45) is 0 Å². The largest absolute Gasteiger partial charge is 0.445 e. The van der Waals surface area contributed by atoms with Crippen molar-refractivity contribution in [1.82, 2.24) is 10.2 Å². The first kappa shape index (κ1) is 11.9. The number of carbonyl (C=O) groups is 2. The topological polar surface area (TPSA) is 67.9 Å². The molecule has 0 spiro atoms. The van der Waals surface area contributed by atoms with Gasteiger partial charge in [-0.05, 0) is 7.05 Å². The van der Waals surface area contributed by atoms with E-state index in [2.05, 4.69) is 5.32 Å². The average Bonchev–Trinajstić information content (AvgIpc) is 2.10. The predicted molar refractivity (Wildman–Crippen MR) is 51.7 cm³/mol. The van der Waals surface area contributed by atoms with E-state index in [0.717, 1.165) is 0 Å². The van der Waals surface area contributed by atoms with Crippen molar-refractivity contribution in [2.75, 3.05) is 20.1 Å². The normalized spacial score (nSPS) is 27.1. The van der Waals surface area contributed by atoms with Gasteiger partial charge in [0.1, 0.15) is 0 Å². The van der Waals surface area contributed by atoms with Crippen LogP contribution in [0, 0.1) is 0 Å². The van der Waals surface area contributed by atoms with Crippen molar-refractivity contribution in [3.63, 3.8) is 0 Å². The highest BCUT2D eigenvalue weighted by molar-refractivity contribution is 5.66. The van der Waals surface area contributed by atoms with E-state index in [1.807, 2.05) is 0 Å². The molecule has 1 saturated heterocycles. The SMILES string of the molecule is CC(=O)O[C@H]1CNC[C@@H](OC(C)=O)N1C. The third-order valence-corrected chi connectivity index (χ3v) is 2.15. The van der Waals surface area contributed by atoms with Gasteiger partial charge in [0, 0.05) is 26.9 Å². The predicted octanol–water partition coefficient (Wildman–Crippen LogP) is -0.700. The first-order chi connectivity index (χ1) is 7.00. The van der Waals surface area contributed by atoms with Gasteiger partial charge in [0.05, 0.1) is 0 Å². The minimum atomic E-state index is -0.388. The molecule has 1 aliphatic rings. The van der Waals surface area contributed by atoms with Crippen molar-refractivity contribution in [1.29, 1.82) is 0 Å². The maximum Gasteiger partial charge on any atom is 0.304 e. The highest BCUT2D eigenvalue weighted by Crippen LogP contribution is 2.10. The third-order valence-electron chi connectivity index (χ3n) is 2.15. The number of ether oxygens (including phenoxy) is 2. The summed E-state index contributed by atoms with van der Waals surface area (Å²) in [5.41, 5.74) is 0. The van der Waals surface area contributed by atoms with E-state index in [4.69, 9.17) is 9.47 Å². The van der Waals surface area contributed by atoms with Crippen molar-refractivity contribution >= 4 is 11.9 Å². The van der Waals surface area contributed by atoms with Gasteiger partial charge in [-0.3, -0.25) is 9.59 Å². The van der Waals surface area contributed by atoms with E-state index in [1.165, 1.54) is 13.8 Å². The molecule has 0 radical (unpaired) electrons. The van der Waals surface area contributed by atoms with Gasteiger partial charge >= 0.3 is 11.9 Å². The van der Waals surface area contributed by atoms with Crippen LogP contribution in [0.5, 0.6) is 0 Å². The summed E-state index contributed by atoms with van der Waals surface area (Å²) in [6, 6.07) is 0.